The number of methoxy groups -OCH3 is 1. The third-order valence-electron chi connectivity index (χ3n) is 6.87. The van der Waals surface area contributed by atoms with Gasteiger partial charge in [-0.15, -0.1) is 0 Å². The third kappa shape index (κ3) is 5.86. The summed E-state index contributed by atoms with van der Waals surface area (Å²) in [5.41, 5.74) is -1.19. The molecule has 0 spiro atoms. The van der Waals surface area contributed by atoms with E-state index >= 15 is 0 Å². The molecule has 13 heteroatoms. The highest BCUT2D eigenvalue weighted by molar-refractivity contribution is 6.34. The average Bonchev–Trinajstić information content (AvgIpc) is 3.28. The van der Waals surface area contributed by atoms with Gasteiger partial charge in [-0.1, -0.05) is 35.9 Å². The molecule has 0 atom stereocenters. The molecular formula is C30H25ClF3N5O4. The number of halogens is 4. The third-order valence-corrected chi connectivity index (χ3v) is 7.20. The maximum atomic E-state index is 13.6. The fourth-order valence-electron chi connectivity index (χ4n) is 4.82. The van der Waals surface area contributed by atoms with E-state index in [0.717, 1.165) is 10.6 Å². The van der Waals surface area contributed by atoms with E-state index in [9.17, 15) is 27.9 Å². The van der Waals surface area contributed by atoms with E-state index in [2.05, 4.69) is 20.3 Å². The Bertz CT molecular complexity index is 1960. The first kappa shape index (κ1) is 29.5. The van der Waals surface area contributed by atoms with Crippen molar-refractivity contribution in [2.24, 2.45) is 4.99 Å². The number of aromatic amines is 2. The molecule has 3 aromatic carbocycles. The minimum Gasteiger partial charge on any atom is -0.497 e. The Balaban J connectivity index is 1.59. The van der Waals surface area contributed by atoms with Gasteiger partial charge in [0.15, 0.2) is 0 Å². The van der Waals surface area contributed by atoms with Crippen LogP contribution in [-0.4, -0.2) is 39.1 Å². The van der Waals surface area contributed by atoms with Crippen LogP contribution in [-0.2, 0) is 12.6 Å². The smallest absolute Gasteiger partial charge is 0.418 e. The Labute approximate surface area is 247 Å². The first-order chi connectivity index (χ1) is 20.5. The van der Waals surface area contributed by atoms with Crippen LogP contribution in [0.1, 0.15) is 22.4 Å². The van der Waals surface area contributed by atoms with Crippen LogP contribution in [0.25, 0.3) is 16.6 Å². The zero-order valence-corrected chi connectivity index (χ0v) is 23.6. The lowest BCUT2D eigenvalue weighted by molar-refractivity contribution is -0.136. The van der Waals surface area contributed by atoms with Crippen LogP contribution in [0.3, 0.4) is 0 Å². The lowest BCUT2D eigenvalue weighted by Gasteiger charge is -2.15. The van der Waals surface area contributed by atoms with Gasteiger partial charge < -0.3 is 20.1 Å². The van der Waals surface area contributed by atoms with E-state index < -0.39 is 28.9 Å². The summed E-state index contributed by atoms with van der Waals surface area (Å²) < 4.78 is 46.8. The summed E-state index contributed by atoms with van der Waals surface area (Å²) >= 11 is 6.34. The van der Waals surface area contributed by atoms with Gasteiger partial charge in [0.05, 0.1) is 34.6 Å². The predicted octanol–water partition coefficient (Wildman–Crippen LogP) is 5.80. The van der Waals surface area contributed by atoms with Crippen LogP contribution in [0, 0.1) is 6.92 Å². The van der Waals surface area contributed by atoms with Gasteiger partial charge in [-0.3, -0.25) is 14.8 Å². The summed E-state index contributed by atoms with van der Waals surface area (Å²) in [7, 11) is 1.48. The van der Waals surface area contributed by atoms with Crippen LogP contribution in [0.4, 0.5) is 18.9 Å². The fourth-order valence-corrected chi connectivity index (χ4v) is 5.00. The molecule has 0 aliphatic rings. The van der Waals surface area contributed by atoms with Crippen LogP contribution in [0.5, 0.6) is 11.6 Å². The SMILES string of the molecule is COc1ccc(-n2c(O)c(C(=NCCc3c(C)[nH]c4c(C(F)(F)F)cccc34)Nc3ccccc3Cl)c(=O)[nH]c2=O)cc1. The fraction of sp³-hybridized carbons (Fsp3) is 0.167. The number of aromatic hydroxyl groups is 1. The zero-order valence-electron chi connectivity index (χ0n) is 22.8. The van der Waals surface area contributed by atoms with Crippen molar-refractivity contribution < 1.29 is 23.0 Å². The van der Waals surface area contributed by atoms with E-state index in [4.69, 9.17) is 16.3 Å². The molecule has 0 saturated carbocycles. The largest absolute Gasteiger partial charge is 0.497 e. The molecule has 0 aliphatic heterocycles. The van der Waals surface area contributed by atoms with Crippen molar-refractivity contribution in [2.75, 3.05) is 19.0 Å². The molecule has 0 unspecified atom stereocenters. The Morgan fingerprint density at radius 2 is 1.77 bits per heavy atom. The van der Waals surface area contributed by atoms with Crippen molar-refractivity contribution in [3.63, 3.8) is 0 Å². The molecular weight excluding hydrogens is 587 g/mol. The molecule has 2 heterocycles. The minimum absolute atomic E-state index is 0.00261. The van der Waals surface area contributed by atoms with Crippen molar-refractivity contribution in [3.05, 3.63) is 115 Å². The van der Waals surface area contributed by atoms with E-state index in [1.54, 1.807) is 49.4 Å². The van der Waals surface area contributed by atoms with E-state index in [0.29, 0.717) is 33.1 Å². The number of aryl methyl sites for hydroxylation is 1. The number of amidine groups is 1. The van der Waals surface area contributed by atoms with Gasteiger partial charge in [0.2, 0.25) is 5.88 Å². The number of H-pyrrole nitrogens is 2. The number of hydrogen-bond acceptors (Lipinski definition) is 5. The number of alkyl halides is 3. The van der Waals surface area contributed by atoms with E-state index in [1.807, 2.05) is 0 Å². The molecule has 9 nitrogen and oxygen atoms in total. The van der Waals surface area contributed by atoms with Crippen molar-refractivity contribution in [1.82, 2.24) is 14.5 Å². The van der Waals surface area contributed by atoms with Gasteiger partial charge >= 0.3 is 11.9 Å². The van der Waals surface area contributed by atoms with Crippen molar-refractivity contribution in [1.29, 1.82) is 0 Å². The van der Waals surface area contributed by atoms with Crippen LogP contribution < -0.4 is 21.3 Å². The molecule has 0 bridgehead atoms. The second-order valence-electron chi connectivity index (χ2n) is 9.53. The highest BCUT2D eigenvalue weighted by atomic mass is 35.5. The van der Waals surface area contributed by atoms with E-state index in [-0.39, 0.29) is 35.6 Å². The summed E-state index contributed by atoms with van der Waals surface area (Å²) in [4.78, 5) is 35.5. The second-order valence-corrected chi connectivity index (χ2v) is 9.94. The Morgan fingerprint density at radius 1 is 1.05 bits per heavy atom. The number of para-hydroxylation sites is 2. The van der Waals surface area contributed by atoms with Gasteiger partial charge in [0.1, 0.15) is 17.1 Å². The number of fused-ring (bicyclic) bond motifs is 1. The van der Waals surface area contributed by atoms with Crippen molar-refractivity contribution in [2.45, 2.75) is 19.5 Å². The molecule has 4 N–H and O–H groups in total. The number of nitrogens with one attached hydrogen (secondary N) is 3. The highest BCUT2D eigenvalue weighted by Crippen LogP contribution is 2.36. The topological polar surface area (TPSA) is 124 Å². The number of aromatic nitrogens is 3. The van der Waals surface area contributed by atoms with Gasteiger partial charge in [0.25, 0.3) is 5.56 Å². The molecule has 222 valence electrons. The normalized spacial score (nSPS) is 12.1. The summed E-state index contributed by atoms with van der Waals surface area (Å²) in [6.07, 6.45) is -4.35. The quantitative estimate of drug-likeness (QED) is 0.137. The summed E-state index contributed by atoms with van der Waals surface area (Å²) in [5.74, 6) is -0.281. The zero-order chi connectivity index (χ0) is 30.9. The number of hydrogen-bond donors (Lipinski definition) is 4. The average molecular weight is 612 g/mol. The first-order valence-corrected chi connectivity index (χ1v) is 13.3. The first-order valence-electron chi connectivity index (χ1n) is 13.0. The molecule has 5 rings (SSSR count). The molecule has 0 fully saturated rings. The molecule has 5 aromatic rings. The molecule has 0 radical (unpaired) electrons. The van der Waals surface area contributed by atoms with Crippen molar-refractivity contribution >= 4 is 34.0 Å². The highest BCUT2D eigenvalue weighted by Gasteiger charge is 2.33. The maximum absolute atomic E-state index is 13.6. The monoisotopic (exact) mass is 611 g/mol. The molecule has 43 heavy (non-hydrogen) atoms. The standard InChI is InChI=1S/C30H25ClF3N5O4/c1-16-19(20-6-5-7-21(25(20)36-16)30(32,33)34)14-15-35-26(37-23-9-4-3-8-22(23)31)24-27(40)38-29(42)39(28(24)41)17-10-12-18(43-2)13-11-17/h3-13,36,41H,14-15H2,1-2H3,(H,35,37)(H,38,40,42). The van der Waals surface area contributed by atoms with Gasteiger partial charge in [0, 0.05) is 17.6 Å². The van der Waals surface area contributed by atoms with Gasteiger partial charge in [-0.2, -0.15) is 13.2 Å². The van der Waals surface area contributed by atoms with Crippen LogP contribution >= 0.6 is 11.6 Å². The number of anilines is 1. The Morgan fingerprint density at radius 3 is 2.44 bits per heavy atom. The van der Waals surface area contributed by atoms with Gasteiger partial charge in [-0.25, -0.2) is 9.36 Å². The molecule has 0 amide bonds. The Kier molecular flexibility index (Phi) is 8.05. The molecule has 0 aliphatic carbocycles. The number of nitrogens with zero attached hydrogens (tertiary/aromatic N) is 2. The summed E-state index contributed by atoms with van der Waals surface area (Å²) in [6, 6.07) is 16.8. The minimum atomic E-state index is -4.54. The number of benzene rings is 3. The van der Waals surface area contributed by atoms with Crippen molar-refractivity contribution in [3.8, 4) is 17.3 Å². The summed E-state index contributed by atoms with van der Waals surface area (Å²) in [6.45, 7) is 1.67. The lowest BCUT2D eigenvalue weighted by Crippen LogP contribution is -2.35. The number of aliphatic imine (C=N–C) groups is 1. The predicted molar refractivity (Wildman–Crippen MR) is 159 cm³/mol. The summed E-state index contributed by atoms with van der Waals surface area (Å²) in [5, 5.41) is 14.9. The molecule has 0 saturated heterocycles. The van der Waals surface area contributed by atoms with E-state index in [1.165, 1.54) is 25.3 Å². The Hall–Kier alpha value is -4.97. The number of ether oxygens (including phenoxy) is 1. The second kappa shape index (κ2) is 11.7. The number of rotatable bonds is 7. The maximum Gasteiger partial charge on any atom is 0.418 e. The lowest BCUT2D eigenvalue weighted by atomic mass is 10.1. The van der Waals surface area contributed by atoms with Crippen LogP contribution in [0.15, 0.2) is 81.3 Å². The molecule has 2 aromatic heterocycles. The van der Waals surface area contributed by atoms with Gasteiger partial charge in [-0.05, 0) is 61.4 Å². The van der Waals surface area contributed by atoms with Crippen LogP contribution in [0.2, 0.25) is 5.02 Å².